The van der Waals surface area contributed by atoms with E-state index < -0.39 is 74.2 Å². The van der Waals surface area contributed by atoms with Gasteiger partial charge in [-0.15, -0.1) is 0 Å². The number of carbonyl (C=O) groups excluding carboxylic acids is 1. The predicted molar refractivity (Wildman–Crippen MR) is 210 cm³/mol. The van der Waals surface area contributed by atoms with E-state index in [0.717, 1.165) is 44.4 Å². The molecule has 0 aromatic rings. The average molecular weight is 762 g/mol. The summed E-state index contributed by atoms with van der Waals surface area (Å²) >= 11 is 0. The second-order valence-corrected chi connectivity index (χ2v) is 16.1. The van der Waals surface area contributed by atoms with E-state index in [1.807, 2.05) is 0 Å². The SMILES string of the molecule is CCCCCCCCCCCCCC[C@@H](O)C(=O)N[C@@H](CO[C@@H]1O[C@H](CO)[C@@H](O)[C@H](O)[C@H]1O)[C@H](O)[C@H](O)CCCCCCCCCCCC(C)CCC. The lowest BCUT2D eigenvalue weighted by Gasteiger charge is -2.40. The predicted octanol–water partition coefficient (Wildman–Crippen LogP) is 6.19. The number of nitrogens with one attached hydrogen (secondary N) is 1. The average Bonchev–Trinajstić information content (AvgIpc) is 3.15. The van der Waals surface area contributed by atoms with E-state index in [0.29, 0.717) is 19.3 Å². The summed E-state index contributed by atoms with van der Waals surface area (Å²) in [6, 6.07) is -1.16. The molecule has 316 valence electrons. The molecule has 0 aromatic carbocycles. The summed E-state index contributed by atoms with van der Waals surface area (Å²) in [5, 5.41) is 75.5. The molecular weight excluding hydrogens is 678 g/mol. The lowest BCUT2D eigenvalue weighted by atomic mass is 9.97. The second kappa shape index (κ2) is 32.2. The Morgan fingerprint density at radius 3 is 1.58 bits per heavy atom. The molecule has 0 radical (unpaired) electrons. The van der Waals surface area contributed by atoms with Crippen molar-refractivity contribution in [2.75, 3.05) is 13.2 Å². The maximum absolute atomic E-state index is 13.0. The van der Waals surface area contributed by atoms with Gasteiger partial charge in [0.15, 0.2) is 6.29 Å². The standard InChI is InChI=1S/C42H83NO10/c1-4-6-7-8-9-10-11-12-15-19-22-25-29-35(46)41(51)43-33(31-52-42-40(50)39(49)38(48)36(30-44)53-42)37(47)34(45)28-24-21-18-16-13-14-17-20-23-27-32(3)26-5-2/h32-40,42,44-50H,4-31H2,1-3H3,(H,43,51)/t32?,33-,34+,35+,36+,37-,38+,39-,40+,42+/m0/s1. The third-order valence-corrected chi connectivity index (χ3v) is 11.0. The minimum Gasteiger partial charge on any atom is -0.394 e. The van der Waals surface area contributed by atoms with Crippen LogP contribution in [0.3, 0.4) is 0 Å². The van der Waals surface area contributed by atoms with Gasteiger partial charge in [0.1, 0.15) is 36.6 Å². The van der Waals surface area contributed by atoms with Crippen molar-refractivity contribution < 1.29 is 50.0 Å². The van der Waals surface area contributed by atoms with Crippen LogP contribution in [0, 0.1) is 5.92 Å². The first kappa shape index (κ1) is 50.1. The van der Waals surface area contributed by atoms with Gasteiger partial charge in [-0.2, -0.15) is 0 Å². The van der Waals surface area contributed by atoms with Gasteiger partial charge in [0.05, 0.1) is 25.4 Å². The summed E-state index contributed by atoms with van der Waals surface area (Å²) in [4.78, 5) is 13.0. The van der Waals surface area contributed by atoms with Gasteiger partial charge in [-0.3, -0.25) is 4.79 Å². The third kappa shape index (κ3) is 23.1. The number of hydrogen-bond acceptors (Lipinski definition) is 10. The molecule has 1 fully saturated rings. The first-order valence-corrected chi connectivity index (χ1v) is 21.8. The highest BCUT2D eigenvalue weighted by Gasteiger charge is 2.44. The van der Waals surface area contributed by atoms with Crippen LogP contribution < -0.4 is 5.32 Å². The van der Waals surface area contributed by atoms with Crippen LogP contribution >= 0.6 is 0 Å². The molecule has 1 saturated heterocycles. The van der Waals surface area contributed by atoms with E-state index in [2.05, 4.69) is 26.1 Å². The molecular formula is C42H83NO10. The lowest BCUT2D eigenvalue weighted by Crippen LogP contribution is -2.60. The Morgan fingerprint density at radius 1 is 0.623 bits per heavy atom. The number of ether oxygens (including phenoxy) is 2. The molecule has 8 N–H and O–H groups in total. The van der Waals surface area contributed by atoms with Gasteiger partial charge in [-0.05, 0) is 18.8 Å². The summed E-state index contributed by atoms with van der Waals surface area (Å²) in [7, 11) is 0. The molecule has 0 spiro atoms. The van der Waals surface area contributed by atoms with Crippen LogP contribution in [-0.2, 0) is 14.3 Å². The topological polar surface area (TPSA) is 189 Å². The highest BCUT2D eigenvalue weighted by atomic mass is 16.7. The quantitative estimate of drug-likeness (QED) is 0.0346. The fraction of sp³-hybridized carbons (Fsp3) is 0.976. The molecule has 1 unspecified atom stereocenters. The molecule has 11 nitrogen and oxygen atoms in total. The van der Waals surface area contributed by atoms with Gasteiger partial charge >= 0.3 is 0 Å². The summed E-state index contributed by atoms with van der Waals surface area (Å²) in [5.74, 6) is 0.133. The molecule has 1 rings (SSSR count). The Labute approximate surface area is 322 Å². The summed E-state index contributed by atoms with van der Waals surface area (Å²) in [5.41, 5.74) is 0. The number of unbranched alkanes of at least 4 members (excludes halogenated alkanes) is 19. The zero-order valence-corrected chi connectivity index (χ0v) is 33.9. The molecule has 0 saturated carbocycles. The molecule has 0 bridgehead atoms. The van der Waals surface area contributed by atoms with Crippen molar-refractivity contribution >= 4 is 5.91 Å². The number of rotatable bonds is 35. The third-order valence-electron chi connectivity index (χ3n) is 11.0. The van der Waals surface area contributed by atoms with Crippen LogP contribution in [0.2, 0.25) is 0 Å². The zero-order valence-electron chi connectivity index (χ0n) is 33.9. The zero-order chi connectivity index (χ0) is 39.3. The number of amides is 1. The van der Waals surface area contributed by atoms with Gasteiger partial charge in [0.25, 0.3) is 0 Å². The maximum atomic E-state index is 13.0. The molecule has 1 aliphatic rings. The monoisotopic (exact) mass is 762 g/mol. The second-order valence-electron chi connectivity index (χ2n) is 16.1. The van der Waals surface area contributed by atoms with E-state index in [4.69, 9.17) is 9.47 Å². The van der Waals surface area contributed by atoms with Gasteiger partial charge in [-0.25, -0.2) is 0 Å². The lowest BCUT2D eigenvalue weighted by molar-refractivity contribution is -0.303. The number of aliphatic hydroxyl groups excluding tert-OH is 7. The Kier molecular flexibility index (Phi) is 30.5. The van der Waals surface area contributed by atoms with Crippen molar-refractivity contribution in [1.29, 1.82) is 0 Å². The van der Waals surface area contributed by atoms with E-state index in [-0.39, 0.29) is 6.42 Å². The van der Waals surface area contributed by atoms with Crippen molar-refractivity contribution in [3.8, 4) is 0 Å². The van der Waals surface area contributed by atoms with E-state index in [1.54, 1.807) is 0 Å². The minimum atomic E-state index is -1.66. The van der Waals surface area contributed by atoms with Crippen LogP contribution in [0.15, 0.2) is 0 Å². The van der Waals surface area contributed by atoms with E-state index in [9.17, 15) is 40.5 Å². The Balaban J connectivity index is 2.51. The molecule has 1 amide bonds. The van der Waals surface area contributed by atoms with Crippen LogP contribution in [-0.4, -0.2) is 110 Å². The van der Waals surface area contributed by atoms with Crippen molar-refractivity contribution in [2.24, 2.45) is 5.92 Å². The normalized spacial score (nSPS) is 23.4. The first-order valence-electron chi connectivity index (χ1n) is 21.8. The largest absolute Gasteiger partial charge is 0.394 e. The van der Waals surface area contributed by atoms with Crippen molar-refractivity contribution in [1.82, 2.24) is 5.32 Å². The molecule has 53 heavy (non-hydrogen) atoms. The summed E-state index contributed by atoms with van der Waals surface area (Å²) in [6.07, 6.45) is 17.2. The van der Waals surface area contributed by atoms with Gasteiger partial charge in [0.2, 0.25) is 5.91 Å². The fourth-order valence-electron chi connectivity index (χ4n) is 7.38. The van der Waals surface area contributed by atoms with Gasteiger partial charge < -0.3 is 50.5 Å². The smallest absolute Gasteiger partial charge is 0.249 e. The molecule has 1 aliphatic heterocycles. The van der Waals surface area contributed by atoms with Gasteiger partial charge in [-0.1, -0.05) is 175 Å². The maximum Gasteiger partial charge on any atom is 0.249 e. The fourth-order valence-corrected chi connectivity index (χ4v) is 7.38. The molecule has 0 aromatic heterocycles. The van der Waals surface area contributed by atoms with Gasteiger partial charge in [0, 0.05) is 0 Å². The number of carbonyl (C=O) groups is 1. The van der Waals surface area contributed by atoms with Crippen molar-refractivity contribution in [2.45, 2.75) is 243 Å². The Bertz CT molecular complexity index is 851. The number of hydrogen-bond donors (Lipinski definition) is 8. The van der Waals surface area contributed by atoms with Crippen molar-refractivity contribution in [3.63, 3.8) is 0 Å². The Hall–Kier alpha value is -0.890. The van der Waals surface area contributed by atoms with Crippen LogP contribution in [0.5, 0.6) is 0 Å². The molecule has 1 heterocycles. The number of aliphatic hydroxyl groups is 7. The molecule has 10 atom stereocenters. The van der Waals surface area contributed by atoms with E-state index >= 15 is 0 Å². The van der Waals surface area contributed by atoms with E-state index in [1.165, 1.54) is 103 Å². The van der Waals surface area contributed by atoms with Crippen LogP contribution in [0.25, 0.3) is 0 Å². The molecule has 0 aliphatic carbocycles. The van der Waals surface area contributed by atoms with Crippen LogP contribution in [0.4, 0.5) is 0 Å². The minimum absolute atomic E-state index is 0.264. The summed E-state index contributed by atoms with van der Waals surface area (Å²) in [6.45, 7) is 5.77. The highest BCUT2D eigenvalue weighted by molar-refractivity contribution is 5.80. The first-order chi connectivity index (χ1) is 25.6. The highest BCUT2D eigenvalue weighted by Crippen LogP contribution is 2.23. The van der Waals surface area contributed by atoms with Crippen LogP contribution in [0.1, 0.15) is 188 Å². The molecule has 11 heteroatoms. The Morgan fingerprint density at radius 2 is 1.09 bits per heavy atom. The summed E-state index contributed by atoms with van der Waals surface area (Å²) < 4.78 is 11.1. The van der Waals surface area contributed by atoms with Crippen molar-refractivity contribution in [3.05, 3.63) is 0 Å².